The maximum absolute atomic E-state index is 10.1. The topological polar surface area (TPSA) is 23.5 Å². The lowest BCUT2D eigenvalue weighted by atomic mass is 9.91. The number of nitrogens with zero attached hydrogens (tertiary/aromatic N) is 1. The second kappa shape index (κ2) is 5.85. The summed E-state index contributed by atoms with van der Waals surface area (Å²) in [6, 6.07) is 7.04. The SMILES string of the molecule is Cc1cc(C)cc(CN(C)C2CCCCC2O)c1. The molecule has 2 rings (SSSR count). The maximum Gasteiger partial charge on any atom is 0.0695 e. The van der Waals surface area contributed by atoms with E-state index in [1.807, 2.05) is 0 Å². The molecule has 0 spiro atoms. The van der Waals surface area contributed by atoms with Crippen LogP contribution >= 0.6 is 0 Å². The molecule has 1 aromatic rings. The number of aliphatic hydroxyl groups is 1. The Hall–Kier alpha value is -0.860. The van der Waals surface area contributed by atoms with Gasteiger partial charge in [-0.15, -0.1) is 0 Å². The zero-order valence-corrected chi connectivity index (χ0v) is 11.8. The Kier molecular flexibility index (Phi) is 4.41. The number of hydrogen-bond donors (Lipinski definition) is 1. The fraction of sp³-hybridized carbons (Fsp3) is 0.625. The Morgan fingerprint density at radius 2 is 1.72 bits per heavy atom. The molecule has 0 radical (unpaired) electrons. The minimum atomic E-state index is -0.144. The highest BCUT2D eigenvalue weighted by Crippen LogP contribution is 2.23. The molecule has 2 atom stereocenters. The van der Waals surface area contributed by atoms with Crippen LogP contribution in [-0.4, -0.2) is 29.2 Å². The van der Waals surface area contributed by atoms with Crippen LogP contribution in [0.4, 0.5) is 0 Å². The lowest BCUT2D eigenvalue weighted by molar-refractivity contribution is 0.0288. The van der Waals surface area contributed by atoms with Gasteiger partial charge in [0.05, 0.1) is 6.10 Å². The van der Waals surface area contributed by atoms with Gasteiger partial charge in [0.25, 0.3) is 0 Å². The molecule has 1 saturated carbocycles. The van der Waals surface area contributed by atoms with Crippen molar-refractivity contribution in [2.45, 2.75) is 58.2 Å². The minimum absolute atomic E-state index is 0.144. The van der Waals surface area contributed by atoms with E-state index < -0.39 is 0 Å². The van der Waals surface area contributed by atoms with Gasteiger partial charge in [0.15, 0.2) is 0 Å². The predicted octanol–water partition coefficient (Wildman–Crippen LogP) is 3.04. The summed E-state index contributed by atoms with van der Waals surface area (Å²) in [7, 11) is 2.14. The average molecular weight is 247 g/mol. The van der Waals surface area contributed by atoms with E-state index in [0.717, 1.165) is 19.4 Å². The van der Waals surface area contributed by atoms with Crippen molar-refractivity contribution in [1.29, 1.82) is 0 Å². The zero-order chi connectivity index (χ0) is 13.1. The normalized spacial score (nSPS) is 24.5. The van der Waals surface area contributed by atoms with Crippen LogP contribution in [-0.2, 0) is 6.54 Å². The van der Waals surface area contributed by atoms with Crippen molar-refractivity contribution in [3.05, 3.63) is 34.9 Å². The molecule has 1 fully saturated rings. The summed E-state index contributed by atoms with van der Waals surface area (Å²) in [5.41, 5.74) is 4.00. The first-order valence-electron chi connectivity index (χ1n) is 7.02. The van der Waals surface area contributed by atoms with E-state index in [2.05, 4.69) is 44.0 Å². The Morgan fingerprint density at radius 1 is 1.11 bits per heavy atom. The van der Waals surface area contributed by atoms with Crippen LogP contribution in [0.25, 0.3) is 0 Å². The van der Waals surface area contributed by atoms with Gasteiger partial charge in [-0.3, -0.25) is 4.90 Å². The molecule has 18 heavy (non-hydrogen) atoms. The molecule has 0 aromatic heterocycles. The van der Waals surface area contributed by atoms with Crippen molar-refractivity contribution in [2.24, 2.45) is 0 Å². The highest BCUT2D eigenvalue weighted by molar-refractivity contribution is 5.28. The molecule has 1 aliphatic carbocycles. The summed E-state index contributed by atoms with van der Waals surface area (Å²) in [4.78, 5) is 2.32. The molecule has 0 bridgehead atoms. The monoisotopic (exact) mass is 247 g/mol. The van der Waals surface area contributed by atoms with E-state index in [4.69, 9.17) is 0 Å². The number of aryl methyl sites for hydroxylation is 2. The molecule has 2 heteroatoms. The van der Waals surface area contributed by atoms with Gasteiger partial charge in [-0.1, -0.05) is 42.2 Å². The largest absolute Gasteiger partial charge is 0.391 e. The zero-order valence-electron chi connectivity index (χ0n) is 11.8. The second-order valence-electron chi connectivity index (χ2n) is 5.83. The van der Waals surface area contributed by atoms with Crippen LogP contribution in [0.3, 0.4) is 0 Å². The van der Waals surface area contributed by atoms with Crippen molar-refractivity contribution in [3.8, 4) is 0 Å². The maximum atomic E-state index is 10.1. The average Bonchev–Trinajstić information content (AvgIpc) is 2.27. The Balaban J connectivity index is 2.03. The second-order valence-corrected chi connectivity index (χ2v) is 5.83. The van der Waals surface area contributed by atoms with Crippen molar-refractivity contribution >= 4 is 0 Å². The van der Waals surface area contributed by atoms with E-state index in [-0.39, 0.29) is 6.10 Å². The highest BCUT2D eigenvalue weighted by Gasteiger charge is 2.26. The molecule has 1 aliphatic rings. The molecule has 2 nitrogen and oxygen atoms in total. The van der Waals surface area contributed by atoms with Crippen LogP contribution in [0.5, 0.6) is 0 Å². The molecule has 0 amide bonds. The van der Waals surface area contributed by atoms with E-state index in [0.29, 0.717) is 6.04 Å². The van der Waals surface area contributed by atoms with Crippen LogP contribution in [0, 0.1) is 13.8 Å². The van der Waals surface area contributed by atoms with Gasteiger partial charge in [0, 0.05) is 12.6 Å². The third-order valence-corrected chi connectivity index (χ3v) is 3.97. The van der Waals surface area contributed by atoms with Crippen molar-refractivity contribution in [1.82, 2.24) is 4.90 Å². The summed E-state index contributed by atoms with van der Waals surface area (Å²) < 4.78 is 0. The minimum Gasteiger partial charge on any atom is -0.391 e. The van der Waals surface area contributed by atoms with Gasteiger partial charge >= 0.3 is 0 Å². The van der Waals surface area contributed by atoms with Gasteiger partial charge in [-0.25, -0.2) is 0 Å². The molecule has 0 heterocycles. The van der Waals surface area contributed by atoms with Gasteiger partial charge in [0.1, 0.15) is 0 Å². The smallest absolute Gasteiger partial charge is 0.0695 e. The van der Waals surface area contributed by atoms with E-state index in [1.165, 1.54) is 29.5 Å². The van der Waals surface area contributed by atoms with Gasteiger partial charge in [-0.05, 0) is 39.3 Å². The molecule has 0 aliphatic heterocycles. The lowest BCUT2D eigenvalue weighted by Crippen LogP contribution is -2.42. The van der Waals surface area contributed by atoms with Crippen LogP contribution in [0.15, 0.2) is 18.2 Å². The Morgan fingerprint density at radius 3 is 2.33 bits per heavy atom. The first kappa shape index (κ1) is 13.6. The van der Waals surface area contributed by atoms with Crippen LogP contribution < -0.4 is 0 Å². The third kappa shape index (κ3) is 3.33. The molecule has 1 N–H and O–H groups in total. The van der Waals surface area contributed by atoms with Crippen LogP contribution in [0.2, 0.25) is 0 Å². The summed E-state index contributed by atoms with van der Waals surface area (Å²) in [5.74, 6) is 0. The summed E-state index contributed by atoms with van der Waals surface area (Å²) in [5, 5.41) is 10.1. The van der Waals surface area contributed by atoms with E-state index in [9.17, 15) is 5.11 Å². The quantitative estimate of drug-likeness (QED) is 0.887. The molecular formula is C16H25NO. The number of likely N-dealkylation sites (N-methyl/N-ethyl adjacent to an activating group) is 1. The summed E-state index contributed by atoms with van der Waals surface area (Å²) >= 11 is 0. The Labute approximate surface area is 111 Å². The standard InChI is InChI=1S/C16H25NO/c1-12-8-13(2)10-14(9-12)11-17(3)15-6-4-5-7-16(15)18/h8-10,15-16,18H,4-7,11H2,1-3H3. The first-order valence-corrected chi connectivity index (χ1v) is 7.02. The van der Waals surface area contributed by atoms with E-state index >= 15 is 0 Å². The molecule has 0 saturated heterocycles. The fourth-order valence-electron chi connectivity index (χ4n) is 3.17. The summed E-state index contributed by atoms with van der Waals surface area (Å²) in [6.45, 7) is 5.22. The van der Waals surface area contributed by atoms with Gasteiger partial charge in [0.2, 0.25) is 0 Å². The number of hydrogen-bond acceptors (Lipinski definition) is 2. The lowest BCUT2D eigenvalue weighted by Gasteiger charge is -2.35. The summed E-state index contributed by atoms with van der Waals surface area (Å²) in [6.07, 6.45) is 4.37. The highest BCUT2D eigenvalue weighted by atomic mass is 16.3. The molecule has 2 unspecified atom stereocenters. The van der Waals surface area contributed by atoms with E-state index in [1.54, 1.807) is 0 Å². The number of aliphatic hydroxyl groups excluding tert-OH is 1. The number of benzene rings is 1. The third-order valence-electron chi connectivity index (χ3n) is 3.97. The van der Waals surface area contributed by atoms with Crippen LogP contribution in [0.1, 0.15) is 42.4 Å². The fourth-order valence-corrected chi connectivity index (χ4v) is 3.17. The van der Waals surface area contributed by atoms with Crippen molar-refractivity contribution in [3.63, 3.8) is 0 Å². The van der Waals surface area contributed by atoms with Crippen molar-refractivity contribution in [2.75, 3.05) is 7.05 Å². The van der Waals surface area contributed by atoms with Crippen molar-refractivity contribution < 1.29 is 5.11 Å². The molecular weight excluding hydrogens is 222 g/mol. The first-order chi connectivity index (χ1) is 8.56. The van der Waals surface area contributed by atoms with Gasteiger partial charge < -0.3 is 5.11 Å². The molecule has 100 valence electrons. The van der Waals surface area contributed by atoms with Gasteiger partial charge in [-0.2, -0.15) is 0 Å². The Bertz CT molecular complexity index is 382. The number of rotatable bonds is 3. The molecule has 1 aromatic carbocycles. The predicted molar refractivity (Wildman–Crippen MR) is 75.6 cm³/mol.